The van der Waals surface area contributed by atoms with Gasteiger partial charge in [0.05, 0.1) is 15.4 Å². The lowest BCUT2D eigenvalue weighted by molar-refractivity contribution is 0.0955. The third kappa shape index (κ3) is 2.10. The minimum Gasteiger partial charge on any atom is -0.349 e. The minimum absolute atomic E-state index is 0.0471. The predicted octanol–water partition coefficient (Wildman–Crippen LogP) is 2.04. The van der Waals surface area contributed by atoms with Crippen LogP contribution in [0.15, 0.2) is 24.4 Å². The van der Waals surface area contributed by atoms with Crippen molar-refractivity contribution in [3.63, 3.8) is 0 Å². The fraction of sp³-hybridized carbons (Fsp3) is 0.333. The highest BCUT2D eigenvalue weighted by molar-refractivity contribution is 7.17. The monoisotopic (exact) mass is 247 g/mol. The van der Waals surface area contributed by atoms with E-state index in [0.717, 1.165) is 28.3 Å². The summed E-state index contributed by atoms with van der Waals surface area (Å²) in [6.07, 6.45) is 4.00. The second-order valence-corrected chi connectivity index (χ2v) is 5.34. The molecule has 3 rings (SSSR count). The third-order valence-corrected chi connectivity index (χ3v) is 3.92. The molecule has 1 N–H and O–H groups in total. The zero-order valence-electron chi connectivity index (χ0n) is 9.51. The van der Waals surface area contributed by atoms with E-state index in [2.05, 4.69) is 10.4 Å². The fourth-order valence-electron chi connectivity index (χ4n) is 1.70. The van der Waals surface area contributed by atoms with Crippen LogP contribution in [0.1, 0.15) is 22.5 Å². The Labute approximate surface area is 103 Å². The lowest BCUT2D eigenvalue weighted by Gasteiger charge is -1.99. The maximum atomic E-state index is 11.8. The topological polar surface area (TPSA) is 46.9 Å². The van der Waals surface area contributed by atoms with Crippen LogP contribution in [0.5, 0.6) is 0 Å². The number of amides is 1. The summed E-state index contributed by atoms with van der Waals surface area (Å²) in [5.74, 6) is 0.0471. The van der Waals surface area contributed by atoms with Crippen molar-refractivity contribution in [1.82, 2.24) is 15.1 Å². The van der Waals surface area contributed by atoms with Crippen LogP contribution in [0, 0.1) is 0 Å². The van der Waals surface area contributed by atoms with Gasteiger partial charge in [0.1, 0.15) is 0 Å². The van der Waals surface area contributed by atoms with Crippen LogP contribution in [-0.4, -0.2) is 21.7 Å². The maximum Gasteiger partial charge on any atom is 0.261 e. The number of hydrogen-bond acceptors (Lipinski definition) is 3. The van der Waals surface area contributed by atoms with Gasteiger partial charge in [-0.25, -0.2) is 0 Å². The summed E-state index contributed by atoms with van der Waals surface area (Å²) < 4.78 is 1.81. The van der Waals surface area contributed by atoms with Gasteiger partial charge in [-0.1, -0.05) is 0 Å². The Morgan fingerprint density at radius 1 is 1.47 bits per heavy atom. The van der Waals surface area contributed by atoms with E-state index in [4.69, 9.17) is 0 Å². The molecule has 1 fully saturated rings. The number of thiophene rings is 1. The molecule has 1 aliphatic carbocycles. The highest BCUT2D eigenvalue weighted by Crippen LogP contribution is 2.28. The first-order valence-corrected chi connectivity index (χ1v) is 6.45. The number of nitrogens with zero attached hydrogens (tertiary/aromatic N) is 2. The van der Waals surface area contributed by atoms with Crippen molar-refractivity contribution in [1.29, 1.82) is 0 Å². The van der Waals surface area contributed by atoms with Gasteiger partial charge in [0.2, 0.25) is 0 Å². The summed E-state index contributed by atoms with van der Waals surface area (Å²) in [4.78, 5) is 13.7. The fourth-order valence-corrected chi connectivity index (χ4v) is 2.66. The van der Waals surface area contributed by atoms with Gasteiger partial charge in [0.25, 0.3) is 5.91 Å². The number of nitrogens with one attached hydrogen (secondary N) is 1. The molecule has 88 valence electrons. The Morgan fingerprint density at radius 3 is 2.94 bits per heavy atom. The summed E-state index contributed by atoms with van der Waals surface area (Å²) in [7, 11) is 1.90. The summed E-state index contributed by atoms with van der Waals surface area (Å²) in [6, 6.07) is 6.22. The van der Waals surface area contributed by atoms with E-state index in [-0.39, 0.29) is 5.91 Å². The second kappa shape index (κ2) is 4.00. The molecule has 5 heteroatoms. The van der Waals surface area contributed by atoms with E-state index in [1.807, 2.05) is 29.9 Å². The lowest BCUT2D eigenvalue weighted by atomic mass is 10.3. The first-order chi connectivity index (χ1) is 8.24. The van der Waals surface area contributed by atoms with E-state index in [1.54, 1.807) is 6.20 Å². The molecule has 1 aliphatic rings. The molecule has 2 aromatic rings. The van der Waals surface area contributed by atoms with Gasteiger partial charge in [-0.05, 0) is 31.0 Å². The second-order valence-electron chi connectivity index (χ2n) is 4.25. The summed E-state index contributed by atoms with van der Waals surface area (Å²) in [6.45, 7) is 0. The predicted molar refractivity (Wildman–Crippen MR) is 67.0 cm³/mol. The standard InChI is InChI=1S/C12H13N3OS/c1-15-9(6-7-13-15)10-4-5-11(17-10)12(16)14-8-2-3-8/h4-8H,2-3H2,1H3,(H,14,16). The molecule has 0 radical (unpaired) electrons. The van der Waals surface area contributed by atoms with Crippen molar-refractivity contribution >= 4 is 17.2 Å². The van der Waals surface area contributed by atoms with Gasteiger partial charge in [0, 0.05) is 19.3 Å². The van der Waals surface area contributed by atoms with E-state index < -0.39 is 0 Å². The van der Waals surface area contributed by atoms with Crippen molar-refractivity contribution in [3.8, 4) is 10.6 Å². The average Bonchev–Trinajstić information content (AvgIpc) is 2.82. The Balaban J connectivity index is 1.82. The first-order valence-electron chi connectivity index (χ1n) is 5.63. The first kappa shape index (κ1) is 10.5. The van der Waals surface area contributed by atoms with E-state index in [1.165, 1.54) is 11.3 Å². The molecular weight excluding hydrogens is 234 g/mol. The molecule has 2 aromatic heterocycles. The highest BCUT2D eigenvalue weighted by Gasteiger charge is 2.24. The Kier molecular flexibility index (Phi) is 2.48. The van der Waals surface area contributed by atoms with Gasteiger partial charge in [0.15, 0.2) is 0 Å². The van der Waals surface area contributed by atoms with Crippen molar-refractivity contribution < 1.29 is 4.79 Å². The quantitative estimate of drug-likeness (QED) is 0.902. The molecule has 0 aromatic carbocycles. The lowest BCUT2D eigenvalue weighted by Crippen LogP contribution is -2.24. The van der Waals surface area contributed by atoms with Crippen LogP contribution in [0.2, 0.25) is 0 Å². The van der Waals surface area contributed by atoms with Crippen molar-refractivity contribution in [3.05, 3.63) is 29.3 Å². The molecule has 0 unspecified atom stereocenters. The average molecular weight is 247 g/mol. The smallest absolute Gasteiger partial charge is 0.261 e. The zero-order chi connectivity index (χ0) is 11.8. The molecule has 1 amide bonds. The summed E-state index contributed by atoms with van der Waals surface area (Å²) in [5.41, 5.74) is 1.04. The minimum atomic E-state index is 0.0471. The van der Waals surface area contributed by atoms with Crippen LogP contribution >= 0.6 is 11.3 Å². The van der Waals surface area contributed by atoms with Crippen LogP contribution < -0.4 is 5.32 Å². The SMILES string of the molecule is Cn1nccc1-c1ccc(C(=O)NC2CC2)s1. The number of aromatic nitrogens is 2. The van der Waals surface area contributed by atoms with E-state index >= 15 is 0 Å². The molecule has 0 atom stereocenters. The maximum absolute atomic E-state index is 11.8. The Morgan fingerprint density at radius 2 is 2.29 bits per heavy atom. The molecule has 0 bridgehead atoms. The van der Waals surface area contributed by atoms with Crippen LogP contribution in [0.4, 0.5) is 0 Å². The van der Waals surface area contributed by atoms with E-state index in [0.29, 0.717) is 6.04 Å². The molecule has 0 spiro atoms. The van der Waals surface area contributed by atoms with Crippen LogP contribution in [0.25, 0.3) is 10.6 Å². The van der Waals surface area contributed by atoms with Gasteiger partial charge in [-0.15, -0.1) is 11.3 Å². The van der Waals surface area contributed by atoms with Crippen molar-refractivity contribution in [2.24, 2.45) is 7.05 Å². The molecule has 4 nitrogen and oxygen atoms in total. The van der Waals surface area contributed by atoms with Crippen molar-refractivity contribution in [2.45, 2.75) is 18.9 Å². The normalized spacial score (nSPS) is 14.9. The molecule has 0 aliphatic heterocycles. The molecular formula is C12H13N3OS. The highest BCUT2D eigenvalue weighted by atomic mass is 32.1. The zero-order valence-corrected chi connectivity index (χ0v) is 10.3. The van der Waals surface area contributed by atoms with E-state index in [9.17, 15) is 4.79 Å². The summed E-state index contributed by atoms with van der Waals surface area (Å²) >= 11 is 1.51. The number of carbonyl (C=O) groups excluding carboxylic acids is 1. The number of rotatable bonds is 3. The Bertz CT molecular complexity index is 554. The van der Waals surface area contributed by atoms with Gasteiger partial charge in [-0.2, -0.15) is 5.10 Å². The van der Waals surface area contributed by atoms with Crippen LogP contribution in [-0.2, 0) is 7.05 Å². The largest absolute Gasteiger partial charge is 0.349 e. The van der Waals surface area contributed by atoms with Crippen LogP contribution in [0.3, 0.4) is 0 Å². The molecule has 2 heterocycles. The third-order valence-electron chi connectivity index (χ3n) is 2.82. The number of aryl methyl sites for hydroxylation is 1. The molecule has 0 saturated heterocycles. The van der Waals surface area contributed by atoms with Gasteiger partial charge >= 0.3 is 0 Å². The molecule has 17 heavy (non-hydrogen) atoms. The number of hydrogen-bond donors (Lipinski definition) is 1. The van der Waals surface area contributed by atoms with Gasteiger partial charge in [-0.3, -0.25) is 9.48 Å². The van der Waals surface area contributed by atoms with Gasteiger partial charge < -0.3 is 5.32 Å². The Hall–Kier alpha value is -1.62. The number of carbonyl (C=O) groups is 1. The summed E-state index contributed by atoms with van der Waals surface area (Å²) in [5, 5.41) is 7.12. The molecule has 1 saturated carbocycles. The van der Waals surface area contributed by atoms with Crippen molar-refractivity contribution in [2.75, 3.05) is 0 Å².